The van der Waals surface area contributed by atoms with E-state index in [4.69, 9.17) is 19.9 Å². The molecule has 2 aromatic carbocycles. The fraction of sp³-hybridized carbons (Fsp3) is 0.581. The van der Waals surface area contributed by atoms with Crippen molar-refractivity contribution in [2.45, 2.75) is 94.0 Å². The number of nitrogens with one attached hydrogen (secondary N) is 1. The van der Waals surface area contributed by atoms with Crippen molar-refractivity contribution in [3.05, 3.63) is 70.9 Å². The standard InChI is InChI=1S/C43H57N5O6/c1-8-42(44)22-25(2)23-47(24-42)18-15-28-27-12-9-10-14-32(27)45-37(28)41(4,40(51)53-7)31-20-30-33(21-34(31)52-6)46(5)39-35(50)36(54-26(3)49)29-13-11-17-48-19-16-43(30,39)38(29)48/h9-14,20-21,25,29,35-36,38-39,45,50H,8,15-19,22-24,44H2,1-7H3. The van der Waals surface area contributed by atoms with Crippen molar-refractivity contribution in [2.24, 2.45) is 17.6 Å². The van der Waals surface area contributed by atoms with Crippen LogP contribution >= 0.6 is 0 Å². The molecule has 9 unspecified atom stereocenters. The van der Waals surface area contributed by atoms with Crippen LogP contribution in [0.5, 0.6) is 5.75 Å². The lowest BCUT2D eigenvalue weighted by molar-refractivity contribution is -0.166. The van der Waals surface area contributed by atoms with Crippen molar-refractivity contribution in [2.75, 3.05) is 58.9 Å². The van der Waals surface area contributed by atoms with E-state index in [0.717, 1.165) is 91.8 Å². The lowest BCUT2D eigenvalue weighted by Gasteiger charge is -2.54. The van der Waals surface area contributed by atoms with E-state index in [9.17, 15) is 14.7 Å². The number of fused-ring (bicyclic) bond motifs is 2. The van der Waals surface area contributed by atoms with E-state index < -0.39 is 35.0 Å². The summed E-state index contributed by atoms with van der Waals surface area (Å²) in [6.45, 7) is 12.1. The minimum absolute atomic E-state index is 0.0112. The van der Waals surface area contributed by atoms with Crippen molar-refractivity contribution in [3.8, 4) is 5.75 Å². The molecule has 5 heterocycles. The maximum Gasteiger partial charge on any atom is 0.322 e. The number of aliphatic hydroxyl groups is 1. The molecule has 1 spiro atoms. The molecule has 4 N–H and O–H groups in total. The van der Waals surface area contributed by atoms with Gasteiger partial charge in [-0.2, -0.15) is 0 Å². The number of likely N-dealkylation sites (tertiary alicyclic amines) is 1. The van der Waals surface area contributed by atoms with Gasteiger partial charge in [0, 0.05) is 97.0 Å². The molecule has 3 aromatic rings. The Morgan fingerprint density at radius 1 is 1.17 bits per heavy atom. The van der Waals surface area contributed by atoms with Crippen LogP contribution in [0.25, 0.3) is 10.9 Å². The van der Waals surface area contributed by atoms with Crippen molar-refractivity contribution in [1.29, 1.82) is 0 Å². The van der Waals surface area contributed by atoms with Gasteiger partial charge < -0.3 is 39.8 Å². The number of piperidine rings is 1. The van der Waals surface area contributed by atoms with Crippen molar-refractivity contribution < 1.29 is 28.9 Å². The number of ether oxygens (including phenoxy) is 3. The Kier molecular flexibility index (Phi) is 9.19. The maximum atomic E-state index is 14.6. The molecular weight excluding hydrogens is 683 g/mol. The molecule has 4 aliphatic heterocycles. The SMILES string of the molecule is CCC1(N)CC(C)CN(CCc2c(C(C)(C(=O)OC)c3cc4c(cc3OC)N(C)C3C(O)C(OC(C)=O)C5C=CCN6CCC43C56)[nH]c3ccccc23)C1. The van der Waals surface area contributed by atoms with Gasteiger partial charge in [-0.1, -0.05) is 44.2 Å². The first-order valence-corrected chi connectivity index (χ1v) is 19.7. The second-order valence-electron chi connectivity index (χ2n) is 17.1. The number of rotatable bonds is 9. The number of carbonyl (C=O) groups is 2. The molecule has 0 bridgehead atoms. The summed E-state index contributed by atoms with van der Waals surface area (Å²) in [6.07, 6.45) is 6.13. The molecule has 1 saturated carbocycles. The number of likely N-dealkylation sites (N-methyl/N-ethyl adjacent to an activating group) is 1. The molecule has 0 amide bonds. The Bertz CT molecular complexity index is 2000. The number of nitrogens with two attached hydrogens (primary N) is 1. The smallest absolute Gasteiger partial charge is 0.322 e. The molecule has 1 aliphatic carbocycles. The number of benzene rings is 2. The first-order chi connectivity index (χ1) is 25.8. The third kappa shape index (κ3) is 5.36. The van der Waals surface area contributed by atoms with Gasteiger partial charge in [0.05, 0.1) is 20.3 Å². The van der Waals surface area contributed by atoms with Crippen LogP contribution in [0, 0.1) is 11.8 Å². The van der Waals surface area contributed by atoms with Crippen molar-refractivity contribution >= 4 is 28.5 Å². The van der Waals surface area contributed by atoms with Gasteiger partial charge in [0.25, 0.3) is 0 Å². The predicted molar refractivity (Wildman–Crippen MR) is 209 cm³/mol. The van der Waals surface area contributed by atoms with Gasteiger partial charge in [-0.25, -0.2) is 0 Å². The average molecular weight is 740 g/mol. The van der Waals surface area contributed by atoms with Crippen LogP contribution in [-0.4, -0.2) is 116 Å². The summed E-state index contributed by atoms with van der Waals surface area (Å²) < 4.78 is 17.9. The Balaban J connectivity index is 1.28. The summed E-state index contributed by atoms with van der Waals surface area (Å²) in [7, 11) is 5.11. The van der Waals surface area contributed by atoms with Gasteiger partial charge in [-0.3, -0.25) is 14.5 Å². The third-order valence-corrected chi connectivity index (χ3v) is 14.0. The molecule has 290 valence electrons. The summed E-state index contributed by atoms with van der Waals surface area (Å²) in [4.78, 5) is 37.8. The second kappa shape index (κ2) is 13.4. The van der Waals surface area contributed by atoms with Crippen molar-refractivity contribution in [1.82, 2.24) is 14.8 Å². The molecule has 3 fully saturated rings. The normalized spacial score (nSPS) is 32.9. The van der Waals surface area contributed by atoms with Gasteiger partial charge in [-0.05, 0) is 68.3 Å². The third-order valence-electron chi connectivity index (χ3n) is 14.0. The highest BCUT2D eigenvalue weighted by molar-refractivity contribution is 5.94. The fourth-order valence-electron chi connectivity index (χ4n) is 11.7. The number of H-pyrrole nitrogens is 1. The number of aromatic amines is 1. The molecular formula is C43H57N5O6. The Morgan fingerprint density at radius 3 is 2.67 bits per heavy atom. The molecule has 5 aliphatic rings. The maximum absolute atomic E-state index is 14.6. The monoisotopic (exact) mass is 739 g/mol. The first-order valence-electron chi connectivity index (χ1n) is 19.7. The summed E-state index contributed by atoms with van der Waals surface area (Å²) in [5.41, 5.74) is 10.5. The number of esters is 2. The fourth-order valence-corrected chi connectivity index (χ4v) is 11.7. The van der Waals surface area contributed by atoms with Crippen LogP contribution in [-0.2, 0) is 36.3 Å². The Hall–Kier alpha value is -3.90. The molecule has 2 saturated heterocycles. The highest BCUT2D eigenvalue weighted by Gasteiger charge is 2.69. The number of nitrogens with zero attached hydrogens (tertiary/aromatic N) is 3. The Labute approximate surface area is 318 Å². The van der Waals surface area contributed by atoms with Crippen LogP contribution in [0.2, 0.25) is 0 Å². The minimum atomic E-state index is -1.29. The number of para-hydroxylation sites is 1. The molecule has 9 atom stereocenters. The van der Waals surface area contributed by atoms with Crippen LogP contribution in [0.3, 0.4) is 0 Å². The van der Waals surface area contributed by atoms with Crippen molar-refractivity contribution in [3.63, 3.8) is 0 Å². The van der Waals surface area contributed by atoms with Gasteiger partial charge in [0.2, 0.25) is 0 Å². The molecule has 8 rings (SSSR count). The number of hydrogen-bond donors (Lipinski definition) is 3. The van der Waals surface area contributed by atoms with E-state index >= 15 is 0 Å². The Morgan fingerprint density at radius 2 is 1.94 bits per heavy atom. The summed E-state index contributed by atoms with van der Waals surface area (Å²) in [5, 5.41) is 13.3. The average Bonchev–Trinajstić information content (AvgIpc) is 3.81. The van der Waals surface area contributed by atoms with Gasteiger partial charge >= 0.3 is 11.9 Å². The van der Waals surface area contributed by atoms with E-state index in [1.54, 1.807) is 7.11 Å². The zero-order chi connectivity index (χ0) is 38.3. The number of aromatic nitrogens is 1. The number of hydrogen-bond acceptors (Lipinski definition) is 10. The number of methoxy groups -OCH3 is 2. The number of carbonyl (C=O) groups excluding carboxylic acids is 2. The lowest BCUT2D eigenvalue weighted by atomic mass is 9.58. The second-order valence-corrected chi connectivity index (χ2v) is 17.1. The molecule has 11 nitrogen and oxygen atoms in total. The molecule has 11 heteroatoms. The van der Waals surface area contributed by atoms with Gasteiger partial charge in [0.15, 0.2) is 0 Å². The lowest BCUT2D eigenvalue weighted by Crippen LogP contribution is -2.69. The van der Waals surface area contributed by atoms with E-state index in [2.05, 4.69) is 63.9 Å². The number of aliphatic hydroxyl groups excluding tert-OH is 1. The minimum Gasteiger partial charge on any atom is -0.496 e. The molecule has 0 radical (unpaired) electrons. The van der Waals surface area contributed by atoms with E-state index in [-0.39, 0.29) is 23.5 Å². The van der Waals surface area contributed by atoms with E-state index in [1.165, 1.54) is 14.0 Å². The van der Waals surface area contributed by atoms with E-state index in [0.29, 0.717) is 17.2 Å². The quantitative estimate of drug-likeness (QED) is 0.216. The topological polar surface area (TPSA) is 134 Å². The first kappa shape index (κ1) is 37.0. The van der Waals surface area contributed by atoms with Crippen LogP contribution in [0.4, 0.5) is 5.69 Å². The predicted octanol–water partition coefficient (Wildman–Crippen LogP) is 4.27. The van der Waals surface area contributed by atoms with Gasteiger partial charge in [-0.15, -0.1) is 0 Å². The highest BCUT2D eigenvalue weighted by Crippen LogP contribution is 2.62. The van der Waals surface area contributed by atoms with Crippen LogP contribution in [0.1, 0.15) is 69.3 Å². The zero-order valence-electron chi connectivity index (χ0n) is 32.9. The molecule has 54 heavy (non-hydrogen) atoms. The summed E-state index contributed by atoms with van der Waals surface area (Å²) in [6, 6.07) is 12.1. The summed E-state index contributed by atoms with van der Waals surface area (Å²) in [5.74, 6) is 0.0816. The number of anilines is 1. The van der Waals surface area contributed by atoms with Crippen LogP contribution in [0.15, 0.2) is 48.6 Å². The highest BCUT2D eigenvalue weighted by atomic mass is 16.6. The molecule has 1 aromatic heterocycles. The van der Waals surface area contributed by atoms with Crippen LogP contribution < -0.4 is 15.4 Å². The zero-order valence-corrected chi connectivity index (χ0v) is 32.9. The van der Waals surface area contributed by atoms with Gasteiger partial charge in [0.1, 0.15) is 23.4 Å². The summed E-state index contributed by atoms with van der Waals surface area (Å²) >= 11 is 0. The van der Waals surface area contributed by atoms with E-state index in [1.807, 2.05) is 32.2 Å². The largest absolute Gasteiger partial charge is 0.496 e.